The van der Waals surface area contributed by atoms with E-state index >= 15 is 0 Å². The van der Waals surface area contributed by atoms with Crippen LogP contribution in [0.3, 0.4) is 0 Å². The van der Waals surface area contributed by atoms with Gasteiger partial charge in [-0.3, -0.25) is 25.0 Å². The van der Waals surface area contributed by atoms with Crippen LogP contribution < -0.4 is 5.32 Å². The molecule has 0 aromatic heterocycles. The number of hydrogen-bond donors (Lipinski definition) is 1. The van der Waals surface area contributed by atoms with Crippen LogP contribution in [0.1, 0.15) is 5.56 Å². The zero-order valence-corrected chi connectivity index (χ0v) is 9.19. The fourth-order valence-electron chi connectivity index (χ4n) is 1.30. The summed E-state index contributed by atoms with van der Waals surface area (Å²) < 4.78 is 0. The van der Waals surface area contributed by atoms with E-state index in [1.54, 1.807) is 6.07 Å². The molecule has 7 heteroatoms. The average molecular weight is 250 g/mol. The number of nitro groups is 1. The lowest BCUT2D eigenvalue weighted by atomic mass is 10.2. The van der Waals surface area contributed by atoms with Gasteiger partial charge in [0.2, 0.25) is 0 Å². The third-order valence-electron chi connectivity index (χ3n) is 2.02. The van der Waals surface area contributed by atoms with Gasteiger partial charge in [-0.05, 0) is 23.4 Å². The topological polar surface area (TPSA) is 89.3 Å². The smallest absolute Gasteiger partial charge is 0.282 e. The number of hydrogen-bond acceptors (Lipinski definition) is 5. The van der Waals surface area contributed by atoms with Crippen LogP contribution in [0, 0.1) is 10.1 Å². The molecule has 0 saturated carbocycles. The predicted molar refractivity (Wildman–Crippen MR) is 62.2 cm³/mol. The molecule has 0 atom stereocenters. The quantitative estimate of drug-likeness (QED) is 0.492. The summed E-state index contributed by atoms with van der Waals surface area (Å²) in [5.74, 6) is -0.480. The van der Waals surface area contributed by atoms with Crippen LogP contribution >= 0.6 is 11.8 Å². The number of nitrogens with zero attached hydrogens (tertiary/aromatic N) is 1. The summed E-state index contributed by atoms with van der Waals surface area (Å²) in [5.41, 5.74) is 0.445. The Morgan fingerprint density at radius 2 is 2.12 bits per heavy atom. The van der Waals surface area contributed by atoms with Crippen molar-refractivity contribution in [2.75, 3.05) is 0 Å². The van der Waals surface area contributed by atoms with Crippen LogP contribution in [0.5, 0.6) is 0 Å². The van der Waals surface area contributed by atoms with Gasteiger partial charge in [0.25, 0.3) is 16.8 Å². The minimum atomic E-state index is -0.519. The highest BCUT2D eigenvalue weighted by molar-refractivity contribution is 8.18. The van der Waals surface area contributed by atoms with Crippen molar-refractivity contribution in [1.82, 2.24) is 5.32 Å². The van der Waals surface area contributed by atoms with Crippen molar-refractivity contribution < 1.29 is 14.5 Å². The molecular formula is C10H6N2O4S. The number of rotatable bonds is 2. The molecule has 1 N–H and O–H groups in total. The molecule has 1 heterocycles. The van der Waals surface area contributed by atoms with Gasteiger partial charge < -0.3 is 0 Å². The second-order valence-electron chi connectivity index (χ2n) is 3.20. The van der Waals surface area contributed by atoms with Crippen LogP contribution in [0.2, 0.25) is 0 Å². The van der Waals surface area contributed by atoms with Gasteiger partial charge in [0.15, 0.2) is 0 Å². The Balaban J connectivity index is 2.33. The van der Waals surface area contributed by atoms with Gasteiger partial charge in [-0.1, -0.05) is 12.1 Å². The first kappa shape index (κ1) is 11.3. The molecule has 1 saturated heterocycles. The fourth-order valence-corrected chi connectivity index (χ4v) is 1.98. The maximum atomic E-state index is 11.3. The van der Waals surface area contributed by atoms with Crippen LogP contribution in [0.4, 0.5) is 10.5 Å². The number of carbonyl (C=O) groups excluding carboxylic acids is 2. The molecule has 1 aromatic carbocycles. The second kappa shape index (κ2) is 4.38. The number of benzene rings is 1. The number of thioether (sulfide) groups is 1. The Morgan fingerprint density at radius 1 is 1.35 bits per heavy atom. The summed E-state index contributed by atoms with van der Waals surface area (Å²) in [6.45, 7) is 0. The van der Waals surface area contributed by atoms with Crippen molar-refractivity contribution in [3.63, 3.8) is 0 Å². The number of nitro benzene ring substituents is 1. The van der Waals surface area contributed by atoms with E-state index in [0.29, 0.717) is 5.56 Å². The third-order valence-corrected chi connectivity index (χ3v) is 2.83. The lowest BCUT2D eigenvalue weighted by Gasteiger charge is -1.95. The first-order valence-electron chi connectivity index (χ1n) is 4.55. The zero-order chi connectivity index (χ0) is 12.4. The third kappa shape index (κ3) is 2.51. The van der Waals surface area contributed by atoms with Gasteiger partial charge in [-0.25, -0.2) is 0 Å². The second-order valence-corrected chi connectivity index (χ2v) is 4.22. The van der Waals surface area contributed by atoms with E-state index in [2.05, 4.69) is 5.32 Å². The highest BCUT2D eigenvalue weighted by Gasteiger charge is 2.25. The molecular weight excluding hydrogens is 244 g/mol. The molecule has 0 bridgehead atoms. The zero-order valence-electron chi connectivity index (χ0n) is 8.38. The summed E-state index contributed by atoms with van der Waals surface area (Å²) in [4.78, 5) is 32.4. The van der Waals surface area contributed by atoms with Crippen molar-refractivity contribution >= 4 is 34.7 Å². The van der Waals surface area contributed by atoms with Gasteiger partial charge >= 0.3 is 0 Å². The number of carbonyl (C=O) groups is 2. The van der Waals surface area contributed by atoms with Crippen molar-refractivity contribution in [3.05, 3.63) is 44.8 Å². The fraction of sp³-hybridized carbons (Fsp3) is 0. The number of nitrogens with one attached hydrogen (secondary N) is 1. The molecule has 1 aliphatic rings. The first-order valence-corrected chi connectivity index (χ1v) is 5.37. The number of non-ortho nitro benzene ring substituents is 1. The molecule has 6 nitrogen and oxygen atoms in total. The first-order chi connectivity index (χ1) is 8.06. The summed E-state index contributed by atoms with van der Waals surface area (Å²) in [6, 6.07) is 5.83. The maximum Gasteiger partial charge on any atom is 0.290 e. The minimum absolute atomic E-state index is 0.0610. The van der Waals surface area contributed by atoms with Crippen molar-refractivity contribution in [2.24, 2.45) is 0 Å². The molecule has 0 spiro atoms. The molecule has 1 aliphatic heterocycles. The molecule has 2 amide bonds. The van der Waals surface area contributed by atoms with Gasteiger partial charge in [0.1, 0.15) is 0 Å². The van der Waals surface area contributed by atoms with Crippen molar-refractivity contribution in [2.45, 2.75) is 0 Å². The Bertz CT molecular complexity index is 553. The molecule has 2 rings (SSSR count). The summed E-state index contributed by atoms with van der Waals surface area (Å²) >= 11 is 0.774. The predicted octanol–water partition coefficient (Wildman–Crippen LogP) is 1.92. The highest BCUT2D eigenvalue weighted by Crippen LogP contribution is 2.26. The standard InChI is InChI=1S/C10H6N2O4S/c13-9-8(17-10(14)11-9)5-6-2-1-3-7(4-6)12(15)16/h1-5H,(H,11,13,14)/b8-5+. The normalized spacial score (nSPS) is 17.3. The lowest BCUT2D eigenvalue weighted by molar-refractivity contribution is -0.384. The van der Waals surface area contributed by atoms with E-state index < -0.39 is 16.1 Å². The van der Waals surface area contributed by atoms with E-state index in [-0.39, 0.29) is 10.6 Å². The van der Waals surface area contributed by atoms with Crippen LogP contribution in [0.15, 0.2) is 29.2 Å². The molecule has 0 aliphatic carbocycles. The van der Waals surface area contributed by atoms with E-state index in [0.717, 1.165) is 11.8 Å². The van der Waals surface area contributed by atoms with Crippen molar-refractivity contribution in [3.8, 4) is 0 Å². The molecule has 0 radical (unpaired) electrons. The van der Waals surface area contributed by atoms with Crippen LogP contribution in [-0.2, 0) is 4.79 Å². The maximum absolute atomic E-state index is 11.3. The average Bonchev–Trinajstić information content (AvgIpc) is 2.58. The van der Waals surface area contributed by atoms with E-state index in [1.807, 2.05) is 0 Å². The summed E-state index contributed by atoms with van der Waals surface area (Å²) in [5, 5.41) is 12.2. The Labute approximate surface area is 99.8 Å². The molecule has 1 aromatic rings. The molecule has 1 fully saturated rings. The molecule has 0 unspecified atom stereocenters. The Hall–Kier alpha value is -2.15. The van der Waals surface area contributed by atoms with Gasteiger partial charge in [-0.15, -0.1) is 0 Å². The Kier molecular flexibility index (Phi) is 2.92. The van der Waals surface area contributed by atoms with E-state index in [9.17, 15) is 19.7 Å². The Morgan fingerprint density at radius 3 is 2.71 bits per heavy atom. The number of amides is 2. The van der Waals surface area contributed by atoms with E-state index in [4.69, 9.17) is 0 Å². The summed E-state index contributed by atoms with van der Waals surface area (Å²) in [6.07, 6.45) is 1.44. The minimum Gasteiger partial charge on any atom is -0.282 e. The van der Waals surface area contributed by atoms with Crippen molar-refractivity contribution in [1.29, 1.82) is 0 Å². The van der Waals surface area contributed by atoms with E-state index in [1.165, 1.54) is 24.3 Å². The largest absolute Gasteiger partial charge is 0.290 e. The van der Waals surface area contributed by atoms with Crippen LogP contribution in [-0.4, -0.2) is 16.1 Å². The van der Waals surface area contributed by atoms with Gasteiger partial charge in [-0.2, -0.15) is 0 Å². The molecule has 17 heavy (non-hydrogen) atoms. The molecule has 86 valence electrons. The summed E-state index contributed by atoms with van der Waals surface area (Å²) in [7, 11) is 0. The van der Waals surface area contributed by atoms with Gasteiger partial charge in [0, 0.05) is 12.1 Å². The van der Waals surface area contributed by atoms with Gasteiger partial charge in [0.05, 0.1) is 9.83 Å². The lowest BCUT2D eigenvalue weighted by Crippen LogP contribution is -2.17. The number of imide groups is 1. The monoisotopic (exact) mass is 250 g/mol. The highest BCUT2D eigenvalue weighted by atomic mass is 32.2. The SMILES string of the molecule is O=C1NC(=O)/C(=C\c2cccc([N+](=O)[O-])c2)S1. The van der Waals surface area contributed by atoms with Crippen LogP contribution in [0.25, 0.3) is 6.08 Å².